The number of hydrogen-bond donors (Lipinski definition) is 0. The van der Waals surface area contributed by atoms with Crippen LogP contribution < -0.4 is 14.5 Å². The smallest absolute Gasteiger partial charge is 0.135 e. The molecule has 0 atom stereocenters. The van der Waals surface area contributed by atoms with E-state index in [1.165, 1.54) is 16.3 Å². The van der Waals surface area contributed by atoms with Crippen molar-refractivity contribution in [2.75, 3.05) is 9.80 Å². The van der Waals surface area contributed by atoms with E-state index in [-0.39, 0.29) is 32.0 Å². The van der Waals surface area contributed by atoms with Gasteiger partial charge in [-0.25, -0.2) is 4.98 Å². The van der Waals surface area contributed by atoms with Crippen molar-refractivity contribution in [3.05, 3.63) is 164 Å². The predicted octanol–water partition coefficient (Wildman–Crippen LogP) is 12.8. The second kappa shape index (κ2) is 13.7. The standard InChI is InChI=1S/C50H42N5O.Pt/c1-49(2,3)33-27-28-51-46(29-33)55-44-26-25-43-47(38-19-10-11-20-40(38)54(43)34-15-8-7-9-16-34)48(44)39-24-23-37(31-45(39)55)56-36-18-14-17-35(30-36)52-32-53(50(4,5)6)42-22-13-12-21-41(42)52;/h7-29,32H,1-6H3;/q-3;. The van der Waals surface area contributed by atoms with Crippen molar-refractivity contribution in [1.29, 1.82) is 0 Å². The summed E-state index contributed by atoms with van der Waals surface area (Å²) in [5.74, 6) is 2.06. The molecule has 286 valence electrons. The molecule has 7 heteroatoms. The Morgan fingerprint density at radius 2 is 1.28 bits per heavy atom. The van der Waals surface area contributed by atoms with E-state index < -0.39 is 0 Å². The summed E-state index contributed by atoms with van der Waals surface area (Å²) >= 11 is 0. The first-order chi connectivity index (χ1) is 27.0. The van der Waals surface area contributed by atoms with E-state index in [1.54, 1.807) is 0 Å². The van der Waals surface area contributed by atoms with Gasteiger partial charge in [0.05, 0.1) is 11.0 Å². The van der Waals surface area contributed by atoms with Gasteiger partial charge >= 0.3 is 0 Å². The van der Waals surface area contributed by atoms with Gasteiger partial charge in [-0.05, 0) is 91.7 Å². The van der Waals surface area contributed by atoms with Gasteiger partial charge in [-0.15, -0.1) is 41.4 Å². The number of nitrogens with zero attached hydrogens (tertiary/aromatic N) is 5. The Labute approximate surface area is 348 Å². The molecule has 4 heterocycles. The zero-order chi connectivity index (χ0) is 38.3. The number of pyridine rings is 1. The van der Waals surface area contributed by atoms with Crippen LogP contribution in [0.5, 0.6) is 11.5 Å². The molecular weight excluding hydrogens is 882 g/mol. The minimum absolute atomic E-state index is 0. The van der Waals surface area contributed by atoms with Gasteiger partial charge in [-0.2, -0.15) is 18.8 Å². The summed E-state index contributed by atoms with van der Waals surface area (Å²) in [5.41, 5.74) is 9.65. The number of benzene rings is 6. The number of ether oxygens (including phenoxy) is 1. The third kappa shape index (κ3) is 6.09. The zero-order valence-corrected chi connectivity index (χ0v) is 35.1. The van der Waals surface area contributed by atoms with E-state index in [9.17, 15) is 0 Å². The average molecular weight is 924 g/mol. The second-order valence-electron chi connectivity index (χ2n) is 16.6. The monoisotopic (exact) mass is 923 g/mol. The summed E-state index contributed by atoms with van der Waals surface area (Å²) in [6, 6.07) is 54.1. The third-order valence-electron chi connectivity index (χ3n) is 10.9. The van der Waals surface area contributed by atoms with Crippen LogP contribution in [0.3, 0.4) is 0 Å². The normalized spacial score (nSPS) is 13.2. The number of aromatic nitrogens is 3. The molecule has 6 nitrogen and oxygen atoms in total. The van der Waals surface area contributed by atoms with Crippen molar-refractivity contribution >= 4 is 60.7 Å². The molecule has 9 aromatic rings. The molecule has 0 bridgehead atoms. The molecule has 1 aliphatic heterocycles. The van der Waals surface area contributed by atoms with Crippen molar-refractivity contribution < 1.29 is 25.8 Å². The quantitative estimate of drug-likeness (QED) is 0.161. The SMILES string of the molecule is CC(C)(C)c1ccnc(-n2c3[c-]c(Oc4[c-]c(N5[CH-]N(C(C)(C)C)c6ccccc65)ccc4)ccc3c3c4c5ccccc5n(-c5ccccc5)c4ccc32)c1.[Pt]. The van der Waals surface area contributed by atoms with Gasteiger partial charge in [0.1, 0.15) is 5.82 Å². The Bertz CT molecular complexity index is 2970. The predicted molar refractivity (Wildman–Crippen MR) is 231 cm³/mol. The van der Waals surface area contributed by atoms with Crippen LogP contribution in [-0.2, 0) is 26.5 Å². The maximum absolute atomic E-state index is 6.65. The largest absolute Gasteiger partial charge is 0.509 e. The third-order valence-corrected chi connectivity index (χ3v) is 10.9. The summed E-state index contributed by atoms with van der Waals surface area (Å²) in [4.78, 5) is 9.47. The fraction of sp³-hybridized carbons (Fsp3) is 0.160. The first-order valence-corrected chi connectivity index (χ1v) is 19.2. The van der Waals surface area contributed by atoms with Crippen molar-refractivity contribution in [3.63, 3.8) is 0 Å². The molecule has 0 aliphatic carbocycles. The second-order valence-corrected chi connectivity index (χ2v) is 16.6. The molecule has 3 aromatic heterocycles. The summed E-state index contributed by atoms with van der Waals surface area (Å²) in [7, 11) is 0. The summed E-state index contributed by atoms with van der Waals surface area (Å²) in [5, 5.41) is 4.64. The summed E-state index contributed by atoms with van der Waals surface area (Å²) < 4.78 is 11.3. The van der Waals surface area contributed by atoms with Crippen LogP contribution in [0.25, 0.3) is 55.1 Å². The van der Waals surface area contributed by atoms with E-state index in [4.69, 9.17) is 9.72 Å². The van der Waals surface area contributed by atoms with Crippen LogP contribution in [0.15, 0.2) is 140 Å². The molecule has 6 aromatic carbocycles. The number of para-hydroxylation sites is 4. The van der Waals surface area contributed by atoms with Crippen molar-refractivity contribution in [2.45, 2.75) is 52.5 Å². The molecule has 0 radical (unpaired) electrons. The Hall–Kier alpha value is -5.84. The van der Waals surface area contributed by atoms with Crippen LogP contribution in [0.2, 0.25) is 0 Å². The molecule has 0 fully saturated rings. The summed E-state index contributed by atoms with van der Waals surface area (Å²) in [6.07, 6.45) is 1.92. The zero-order valence-electron chi connectivity index (χ0n) is 32.8. The van der Waals surface area contributed by atoms with Crippen LogP contribution >= 0.6 is 0 Å². The molecule has 0 amide bonds. The molecule has 0 N–H and O–H groups in total. The van der Waals surface area contributed by atoms with Gasteiger partial charge in [0.25, 0.3) is 0 Å². The molecule has 0 unspecified atom stereocenters. The minimum atomic E-state index is -0.0922. The van der Waals surface area contributed by atoms with Crippen molar-refractivity contribution in [3.8, 4) is 23.0 Å². The average Bonchev–Trinajstić information content (AvgIpc) is 3.86. The van der Waals surface area contributed by atoms with Crippen LogP contribution in [0.1, 0.15) is 47.1 Å². The molecular formula is C50H42N5OPt-3. The molecule has 0 saturated heterocycles. The number of fused-ring (bicyclic) bond motifs is 8. The van der Waals surface area contributed by atoms with E-state index >= 15 is 0 Å². The van der Waals surface area contributed by atoms with Crippen LogP contribution in [0.4, 0.5) is 17.1 Å². The Morgan fingerprint density at radius 3 is 2.05 bits per heavy atom. The maximum Gasteiger partial charge on any atom is 0.135 e. The van der Waals surface area contributed by atoms with E-state index in [0.29, 0.717) is 11.5 Å². The molecule has 0 saturated carbocycles. The van der Waals surface area contributed by atoms with E-state index in [1.807, 2.05) is 24.4 Å². The topological polar surface area (TPSA) is 38.5 Å². The van der Waals surface area contributed by atoms with Gasteiger partial charge in [-0.1, -0.05) is 74.8 Å². The van der Waals surface area contributed by atoms with Gasteiger partial charge in [0, 0.05) is 77.7 Å². The van der Waals surface area contributed by atoms with Crippen LogP contribution in [0, 0.1) is 18.8 Å². The molecule has 57 heavy (non-hydrogen) atoms. The number of rotatable bonds is 5. The maximum atomic E-state index is 6.65. The van der Waals surface area contributed by atoms with Crippen LogP contribution in [-0.4, -0.2) is 19.7 Å². The van der Waals surface area contributed by atoms with E-state index in [0.717, 1.165) is 61.4 Å². The Balaban J connectivity index is 0.00000422. The molecule has 10 rings (SSSR count). The molecule has 1 aliphatic rings. The fourth-order valence-corrected chi connectivity index (χ4v) is 8.22. The van der Waals surface area contributed by atoms with Gasteiger partial charge in [-0.3, -0.25) is 0 Å². The van der Waals surface area contributed by atoms with Gasteiger partial charge in [0.15, 0.2) is 0 Å². The summed E-state index contributed by atoms with van der Waals surface area (Å²) in [6.45, 7) is 15.5. The number of hydrogen-bond acceptors (Lipinski definition) is 4. The van der Waals surface area contributed by atoms with Crippen molar-refractivity contribution in [2.24, 2.45) is 0 Å². The van der Waals surface area contributed by atoms with Gasteiger partial charge in [0.2, 0.25) is 0 Å². The van der Waals surface area contributed by atoms with Gasteiger partial charge < -0.3 is 23.7 Å². The minimum Gasteiger partial charge on any atom is -0.509 e. The Kier molecular flexibility index (Phi) is 8.82. The Morgan fingerprint density at radius 1 is 0.596 bits per heavy atom. The fourth-order valence-electron chi connectivity index (χ4n) is 8.22. The van der Waals surface area contributed by atoms with Crippen molar-refractivity contribution in [1.82, 2.24) is 14.1 Å². The molecule has 0 spiro atoms. The first-order valence-electron chi connectivity index (χ1n) is 19.2. The number of anilines is 3. The first kappa shape index (κ1) is 36.8. The van der Waals surface area contributed by atoms with E-state index in [2.05, 4.69) is 195 Å².